The number of ether oxygens (including phenoxy) is 2. The van der Waals surface area contributed by atoms with Crippen molar-refractivity contribution in [2.45, 2.75) is 25.5 Å². The summed E-state index contributed by atoms with van der Waals surface area (Å²) in [5, 5.41) is 21.7. The van der Waals surface area contributed by atoms with Crippen LogP contribution in [0, 0.1) is 23.2 Å². The van der Waals surface area contributed by atoms with E-state index < -0.39 is 17.6 Å². The van der Waals surface area contributed by atoms with E-state index in [2.05, 4.69) is 27.1 Å². The van der Waals surface area contributed by atoms with Crippen LogP contribution in [0.25, 0.3) is 0 Å². The van der Waals surface area contributed by atoms with E-state index in [0.717, 1.165) is 0 Å². The van der Waals surface area contributed by atoms with Crippen molar-refractivity contribution in [1.82, 2.24) is 15.3 Å². The number of fused-ring (bicyclic) bond motifs is 1. The molecule has 4 rings (SSSR count). The van der Waals surface area contributed by atoms with Crippen LogP contribution in [0.1, 0.15) is 35.6 Å². The van der Waals surface area contributed by atoms with E-state index >= 15 is 0 Å². The van der Waals surface area contributed by atoms with Crippen LogP contribution in [0.15, 0.2) is 54.9 Å². The molecule has 10 nitrogen and oxygen atoms in total. The molecule has 0 spiro atoms. The maximum absolute atomic E-state index is 13.2. The monoisotopic (exact) mass is 497 g/mol. The van der Waals surface area contributed by atoms with E-state index in [9.17, 15) is 20.0 Å². The van der Waals surface area contributed by atoms with Gasteiger partial charge < -0.3 is 24.8 Å². The van der Waals surface area contributed by atoms with Gasteiger partial charge in [0.1, 0.15) is 41.5 Å². The predicted molar refractivity (Wildman–Crippen MR) is 133 cm³/mol. The molecule has 2 amide bonds. The molecule has 0 fully saturated rings. The van der Waals surface area contributed by atoms with Crippen LogP contribution in [0.4, 0.5) is 5.69 Å². The van der Waals surface area contributed by atoms with Gasteiger partial charge in [-0.25, -0.2) is 4.98 Å². The summed E-state index contributed by atoms with van der Waals surface area (Å²) < 4.78 is 11.5. The van der Waals surface area contributed by atoms with Crippen molar-refractivity contribution in [3.63, 3.8) is 0 Å². The van der Waals surface area contributed by atoms with E-state index in [4.69, 9.17) is 9.47 Å². The van der Waals surface area contributed by atoms with Crippen molar-refractivity contribution in [3.8, 4) is 35.2 Å². The van der Waals surface area contributed by atoms with Crippen molar-refractivity contribution in [1.29, 1.82) is 5.26 Å². The minimum atomic E-state index is -1.16. The zero-order valence-corrected chi connectivity index (χ0v) is 20.3. The number of aliphatic hydroxyl groups is 1. The highest BCUT2D eigenvalue weighted by molar-refractivity contribution is 6.03. The number of amides is 2. The average Bonchev–Trinajstić information content (AvgIpc) is 2.99. The molecule has 1 aliphatic heterocycles. The first kappa shape index (κ1) is 25.2. The van der Waals surface area contributed by atoms with Gasteiger partial charge in [-0.1, -0.05) is 11.8 Å². The first-order chi connectivity index (χ1) is 17.6. The molecule has 0 saturated heterocycles. The minimum Gasteiger partial charge on any atom is -0.489 e. The fraction of sp³-hybridized carbons (Fsp3) is 0.222. The van der Waals surface area contributed by atoms with Gasteiger partial charge in [0.2, 0.25) is 0 Å². The van der Waals surface area contributed by atoms with Gasteiger partial charge in [0.25, 0.3) is 11.8 Å². The third kappa shape index (κ3) is 6.01. The van der Waals surface area contributed by atoms with Crippen LogP contribution in [-0.4, -0.2) is 52.2 Å². The van der Waals surface area contributed by atoms with E-state index in [0.29, 0.717) is 17.0 Å². The van der Waals surface area contributed by atoms with Crippen molar-refractivity contribution in [2.75, 3.05) is 18.6 Å². The van der Waals surface area contributed by atoms with E-state index in [1.54, 1.807) is 51.2 Å². The van der Waals surface area contributed by atoms with Gasteiger partial charge in [-0.05, 0) is 50.2 Å². The Labute approximate surface area is 213 Å². The number of aromatic nitrogens is 2. The summed E-state index contributed by atoms with van der Waals surface area (Å²) in [6.07, 6.45) is 2.86. The summed E-state index contributed by atoms with van der Waals surface area (Å²) in [5.74, 6) is 5.59. The number of benzene rings is 1. The Morgan fingerprint density at radius 2 is 2.05 bits per heavy atom. The fourth-order valence-electron chi connectivity index (χ4n) is 3.42. The lowest BCUT2D eigenvalue weighted by Crippen LogP contribution is -2.49. The summed E-state index contributed by atoms with van der Waals surface area (Å²) in [5.41, 5.74) is 0.0419. The van der Waals surface area contributed by atoms with Crippen LogP contribution in [-0.2, 0) is 4.79 Å². The molecular weight excluding hydrogens is 474 g/mol. The fourth-order valence-corrected chi connectivity index (χ4v) is 3.42. The molecule has 37 heavy (non-hydrogen) atoms. The molecule has 0 aliphatic carbocycles. The van der Waals surface area contributed by atoms with Crippen LogP contribution >= 0.6 is 0 Å². The maximum Gasteiger partial charge on any atom is 0.270 e. The minimum absolute atomic E-state index is 0.0151. The van der Waals surface area contributed by atoms with E-state index in [-0.39, 0.29) is 35.4 Å². The number of carbonyl (C=O) groups excluding carboxylic acids is 2. The summed E-state index contributed by atoms with van der Waals surface area (Å²) >= 11 is 0. The number of likely N-dealkylation sites (N-methyl/N-ethyl adjacent to an activating group) is 1. The lowest BCUT2D eigenvalue weighted by Gasteiger charge is -2.20. The number of pyridine rings is 2. The van der Waals surface area contributed by atoms with Crippen LogP contribution in [0.3, 0.4) is 0 Å². The Morgan fingerprint density at radius 3 is 2.81 bits per heavy atom. The molecule has 10 heteroatoms. The highest BCUT2D eigenvalue weighted by Crippen LogP contribution is 2.31. The Bertz CT molecular complexity index is 1460. The molecule has 0 radical (unpaired) electrons. The molecular formula is C27H23N5O5. The van der Waals surface area contributed by atoms with Crippen LogP contribution in [0.2, 0.25) is 0 Å². The molecule has 0 bridgehead atoms. The number of nitrogens with zero attached hydrogens (tertiary/aromatic N) is 4. The molecule has 2 N–H and O–H groups in total. The third-order valence-corrected chi connectivity index (χ3v) is 5.24. The van der Waals surface area contributed by atoms with Crippen LogP contribution < -0.4 is 19.7 Å². The largest absolute Gasteiger partial charge is 0.489 e. The molecule has 3 aromatic rings. The maximum atomic E-state index is 13.2. The summed E-state index contributed by atoms with van der Waals surface area (Å²) in [7, 11) is 1.58. The topological polar surface area (TPSA) is 138 Å². The number of hydrogen-bond acceptors (Lipinski definition) is 8. The van der Waals surface area contributed by atoms with Crippen molar-refractivity contribution in [2.24, 2.45) is 0 Å². The molecule has 0 unspecified atom stereocenters. The van der Waals surface area contributed by atoms with E-state index in [1.165, 1.54) is 29.4 Å². The highest BCUT2D eigenvalue weighted by Gasteiger charge is 2.31. The zero-order valence-electron chi connectivity index (χ0n) is 20.3. The predicted octanol–water partition coefficient (Wildman–Crippen LogP) is 2.42. The Morgan fingerprint density at radius 1 is 1.24 bits per heavy atom. The Kier molecular flexibility index (Phi) is 7.05. The number of nitriles is 1. The Balaban J connectivity index is 1.49. The average molecular weight is 498 g/mol. The van der Waals surface area contributed by atoms with Crippen molar-refractivity contribution < 1.29 is 24.2 Å². The lowest BCUT2D eigenvalue weighted by molar-refractivity contribution is -0.120. The second kappa shape index (κ2) is 10.4. The number of hydrogen-bond donors (Lipinski definition) is 2. The third-order valence-electron chi connectivity index (χ3n) is 5.24. The smallest absolute Gasteiger partial charge is 0.270 e. The van der Waals surface area contributed by atoms with E-state index in [1.807, 2.05) is 6.07 Å². The second-order valence-corrected chi connectivity index (χ2v) is 8.67. The van der Waals surface area contributed by atoms with Crippen molar-refractivity contribution in [3.05, 3.63) is 71.8 Å². The molecule has 186 valence electrons. The van der Waals surface area contributed by atoms with Gasteiger partial charge in [0.15, 0.2) is 11.4 Å². The highest BCUT2D eigenvalue weighted by atomic mass is 16.5. The van der Waals surface area contributed by atoms with Crippen LogP contribution in [0.5, 0.6) is 17.2 Å². The molecule has 2 aromatic heterocycles. The summed E-state index contributed by atoms with van der Waals surface area (Å²) in [6.45, 7) is 3.07. The molecule has 1 aliphatic rings. The lowest BCUT2D eigenvalue weighted by atomic mass is 10.1. The van der Waals surface area contributed by atoms with Gasteiger partial charge in [0, 0.05) is 31.1 Å². The van der Waals surface area contributed by atoms with Gasteiger partial charge in [-0.2, -0.15) is 5.26 Å². The summed E-state index contributed by atoms with van der Waals surface area (Å²) in [6, 6.07) is 12.2. The number of rotatable bonds is 4. The van der Waals surface area contributed by atoms with Crippen molar-refractivity contribution >= 4 is 17.5 Å². The SMILES string of the molecule is CN1C(=O)[C@@H](NC(=O)c2cc(Oc3cccnc3C#N)ccn2)COc2ccc(C#CC(C)(C)O)cc21. The quantitative estimate of drug-likeness (QED) is 0.524. The molecule has 1 atom stereocenters. The first-order valence-electron chi connectivity index (χ1n) is 11.2. The summed E-state index contributed by atoms with van der Waals surface area (Å²) in [4.78, 5) is 35.5. The molecule has 0 saturated carbocycles. The Hall–Kier alpha value is -4.93. The molecule has 1 aromatic carbocycles. The molecule has 3 heterocycles. The number of anilines is 1. The standard InChI is InChI=1S/C27H23N5O5/c1-27(2,35)10-8-17-6-7-24-22(13-17)32(3)26(34)21(16-36-24)31-25(33)19-14-18(9-12-30-19)37-23-5-4-11-29-20(23)15-28/h4-7,9,11-14,21,35H,16H2,1-3H3,(H,31,33)/t21-/m0/s1. The van der Waals surface area contributed by atoms with Gasteiger partial charge in [-0.3, -0.25) is 14.6 Å². The van der Waals surface area contributed by atoms with Gasteiger partial charge in [-0.15, -0.1) is 0 Å². The normalized spacial score (nSPS) is 14.7. The van der Waals surface area contributed by atoms with Gasteiger partial charge >= 0.3 is 0 Å². The van der Waals surface area contributed by atoms with Gasteiger partial charge in [0.05, 0.1) is 5.69 Å². The number of carbonyl (C=O) groups is 2. The first-order valence-corrected chi connectivity index (χ1v) is 11.2. The zero-order chi connectivity index (χ0) is 26.6. The second-order valence-electron chi connectivity index (χ2n) is 8.67. The number of nitrogens with one attached hydrogen (secondary N) is 1.